The monoisotopic (exact) mass is 292 g/mol. The Bertz CT molecular complexity index is 490. The number of benzene rings is 1. The van der Waals surface area contributed by atoms with Crippen LogP contribution in [0.1, 0.15) is 19.4 Å². The molecule has 2 rings (SSSR count). The highest BCUT2D eigenvalue weighted by atomic mass is 32.2. The summed E-state index contributed by atoms with van der Waals surface area (Å²) in [4.78, 5) is 25.8. The Kier molecular flexibility index (Phi) is 4.70. The van der Waals surface area contributed by atoms with Crippen LogP contribution in [0.15, 0.2) is 30.3 Å². The molecule has 2 unspecified atom stereocenters. The second-order valence-electron chi connectivity index (χ2n) is 5.37. The van der Waals surface area contributed by atoms with Crippen LogP contribution in [0.3, 0.4) is 0 Å². The van der Waals surface area contributed by atoms with Gasteiger partial charge in [-0.1, -0.05) is 44.2 Å². The van der Waals surface area contributed by atoms with Gasteiger partial charge in [0, 0.05) is 12.3 Å². The van der Waals surface area contributed by atoms with Gasteiger partial charge >= 0.3 is 0 Å². The van der Waals surface area contributed by atoms with Crippen molar-refractivity contribution in [2.45, 2.75) is 31.7 Å². The van der Waals surface area contributed by atoms with Crippen LogP contribution in [-0.4, -0.2) is 33.8 Å². The molecule has 1 aromatic rings. The normalized spacial score (nSPS) is 23.1. The average molecular weight is 292 g/mol. The van der Waals surface area contributed by atoms with Crippen LogP contribution < -0.4 is 5.73 Å². The number of primary amides is 1. The number of nitrogens with two attached hydrogens (primary N) is 1. The third-order valence-corrected chi connectivity index (χ3v) is 5.08. The topological polar surface area (TPSA) is 63.4 Å². The second-order valence-corrected chi connectivity index (χ2v) is 6.54. The van der Waals surface area contributed by atoms with Gasteiger partial charge in [0.15, 0.2) is 0 Å². The van der Waals surface area contributed by atoms with E-state index in [2.05, 4.69) is 0 Å². The predicted octanol–water partition coefficient (Wildman–Crippen LogP) is 1.64. The van der Waals surface area contributed by atoms with Gasteiger partial charge in [-0.15, -0.1) is 11.8 Å². The first-order valence-corrected chi connectivity index (χ1v) is 7.81. The summed E-state index contributed by atoms with van der Waals surface area (Å²) in [6.45, 7) is 4.50. The zero-order chi connectivity index (χ0) is 14.7. The molecular weight excluding hydrogens is 272 g/mol. The average Bonchev–Trinajstić information content (AvgIpc) is 2.41. The summed E-state index contributed by atoms with van der Waals surface area (Å²) in [5, 5.41) is -0.0886. The van der Waals surface area contributed by atoms with E-state index >= 15 is 0 Å². The lowest BCUT2D eigenvalue weighted by atomic mass is 10.1. The number of thioether (sulfide) groups is 1. The van der Waals surface area contributed by atoms with Gasteiger partial charge in [0.05, 0.1) is 5.25 Å². The molecule has 1 aliphatic heterocycles. The Balaban J connectivity index is 2.22. The van der Waals surface area contributed by atoms with E-state index < -0.39 is 11.9 Å². The molecular formula is C15H20N2O2S. The predicted molar refractivity (Wildman–Crippen MR) is 81.1 cm³/mol. The van der Waals surface area contributed by atoms with Crippen LogP contribution in [-0.2, 0) is 16.1 Å². The molecule has 1 aromatic carbocycles. The van der Waals surface area contributed by atoms with Crippen molar-refractivity contribution in [3.63, 3.8) is 0 Å². The van der Waals surface area contributed by atoms with Gasteiger partial charge in [0.1, 0.15) is 6.04 Å². The molecule has 1 heterocycles. The molecule has 2 atom stereocenters. The summed E-state index contributed by atoms with van der Waals surface area (Å²) in [6, 6.07) is 9.19. The molecule has 0 radical (unpaired) electrons. The lowest BCUT2D eigenvalue weighted by Crippen LogP contribution is -2.56. The number of hydrogen-bond acceptors (Lipinski definition) is 3. The first kappa shape index (κ1) is 14.9. The lowest BCUT2D eigenvalue weighted by molar-refractivity contribution is -0.140. The van der Waals surface area contributed by atoms with Crippen molar-refractivity contribution < 1.29 is 9.59 Å². The van der Waals surface area contributed by atoms with Crippen molar-refractivity contribution in [3.05, 3.63) is 35.9 Å². The maximum Gasteiger partial charge on any atom is 0.241 e. The SMILES string of the molecule is CC(C)C1SCC(C(N)=O)N(Cc2ccccc2)C1=O. The zero-order valence-electron chi connectivity index (χ0n) is 11.8. The number of amides is 2. The summed E-state index contributed by atoms with van der Waals surface area (Å²) in [5.41, 5.74) is 6.46. The molecule has 1 fully saturated rings. The number of hydrogen-bond donors (Lipinski definition) is 1. The van der Waals surface area contributed by atoms with Crippen LogP contribution in [0.4, 0.5) is 0 Å². The van der Waals surface area contributed by atoms with Gasteiger partial charge in [-0.3, -0.25) is 9.59 Å². The fourth-order valence-electron chi connectivity index (χ4n) is 2.35. The molecule has 5 heteroatoms. The summed E-state index contributed by atoms with van der Waals surface area (Å²) in [5.74, 6) is 0.420. The molecule has 0 aliphatic carbocycles. The van der Waals surface area contributed by atoms with Crippen molar-refractivity contribution in [1.82, 2.24) is 4.90 Å². The van der Waals surface area contributed by atoms with Gasteiger partial charge in [0.2, 0.25) is 11.8 Å². The van der Waals surface area contributed by atoms with E-state index in [1.54, 1.807) is 4.90 Å². The molecule has 0 spiro atoms. The first-order valence-electron chi connectivity index (χ1n) is 6.76. The Morgan fingerprint density at radius 2 is 2.05 bits per heavy atom. The first-order chi connectivity index (χ1) is 9.50. The highest BCUT2D eigenvalue weighted by molar-refractivity contribution is 8.00. The van der Waals surface area contributed by atoms with Crippen molar-refractivity contribution in [3.8, 4) is 0 Å². The van der Waals surface area contributed by atoms with Crippen molar-refractivity contribution in [2.24, 2.45) is 11.7 Å². The van der Waals surface area contributed by atoms with Crippen LogP contribution >= 0.6 is 11.8 Å². The standard InChI is InChI=1S/C15H20N2O2S/c1-10(2)13-15(19)17(12(9-20-13)14(16)18)8-11-6-4-3-5-7-11/h3-7,10,12-13H,8-9H2,1-2H3,(H2,16,18). The minimum Gasteiger partial charge on any atom is -0.368 e. The minimum absolute atomic E-state index is 0.0175. The minimum atomic E-state index is -0.511. The van der Waals surface area contributed by atoms with E-state index in [4.69, 9.17) is 5.73 Å². The summed E-state index contributed by atoms with van der Waals surface area (Å²) >= 11 is 1.54. The van der Waals surface area contributed by atoms with Crippen LogP contribution in [0.5, 0.6) is 0 Å². The number of nitrogens with zero attached hydrogens (tertiary/aromatic N) is 1. The van der Waals surface area contributed by atoms with E-state index in [1.165, 1.54) is 11.8 Å². The maximum atomic E-state index is 12.6. The van der Waals surface area contributed by atoms with Crippen molar-refractivity contribution in [2.75, 3.05) is 5.75 Å². The van der Waals surface area contributed by atoms with Gasteiger partial charge in [0.25, 0.3) is 0 Å². The van der Waals surface area contributed by atoms with Crippen LogP contribution in [0, 0.1) is 5.92 Å². The fourth-order valence-corrected chi connectivity index (χ4v) is 3.75. The Morgan fingerprint density at radius 1 is 1.40 bits per heavy atom. The highest BCUT2D eigenvalue weighted by Crippen LogP contribution is 2.30. The van der Waals surface area contributed by atoms with Gasteiger partial charge < -0.3 is 10.6 Å². The molecule has 2 N–H and O–H groups in total. The highest BCUT2D eigenvalue weighted by Gasteiger charge is 2.39. The number of rotatable bonds is 4. The molecule has 108 valence electrons. The Labute approximate surface area is 123 Å². The van der Waals surface area contributed by atoms with Crippen molar-refractivity contribution >= 4 is 23.6 Å². The molecule has 0 bridgehead atoms. The molecule has 20 heavy (non-hydrogen) atoms. The molecule has 0 aromatic heterocycles. The smallest absolute Gasteiger partial charge is 0.241 e. The zero-order valence-corrected chi connectivity index (χ0v) is 12.6. The van der Waals surface area contributed by atoms with Crippen LogP contribution in [0.2, 0.25) is 0 Å². The van der Waals surface area contributed by atoms with E-state index in [1.807, 2.05) is 44.2 Å². The summed E-state index contributed by atoms with van der Waals surface area (Å²) < 4.78 is 0. The fraction of sp³-hybridized carbons (Fsp3) is 0.467. The molecule has 0 saturated carbocycles. The Morgan fingerprint density at radius 3 is 2.60 bits per heavy atom. The van der Waals surface area contributed by atoms with E-state index in [9.17, 15) is 9.59 Å². The van der Waals surface area contributed by atoms with Gasteiger partial charge in [-0.25, -0.2) is 0 Å². The molecule has 2 amide bonds. The molecule has 4 nitrogen and oxygen atoms in total. The lowest BCUT2D eigenvalue weighted by Gasteiger charge is -2.38. The van der Waals surface area contributed by atoms with Gasteiger partial charge in [-0.05, 0) is 11.5 Å². The molecule has 1 aliphatic rings. The Hall–Kier alpha value is -1.49. The number of carbonyl (C=O) groups is 2. The second kappa shape index (κ2) is 6.31. The quantitative estimate of drug-likeness (QED) is 0.917. The summed E-state index contributed by atoms with van der Waals surface area (Å²) in [6.07, 6.45) is 0. The van der Waals surface area contributed by atoms with E-state index in [0.717, 1.165) is 5.56 Å². The number of carbonyl (C=O) groups excluding carboxylic acids is 2. The van der Waals surface area contributed by atoms with E-state index in [0.29, 0.717) is 12.3 Å². The van der Waals surface area contributed by atoms with Crippen LogP contribution in [0.25, 0.3) is 0 Å². The third-order valence-electron chi connectivity index (χ3n) is 3.47. The summed E-state index contributed by atoms with van der Waals surface area (Å²) in [7, 11) is 0. The molecule has 1 saturated heterocycles. The van der Waals surface area contributed by atoms with E-state index in [-0.39, 0.29) is 17.1 Å². The maximum absolute atomic E-state index is 12.6. The third kappa shape index (κ3) is 3.15. The van der Waals surface area contributed by atoms with Crippen molar-refractivity contribution in [1.29, 1.82) is 0 Å². The largest absolute Gasteiger partial charge is 0.368 e. The van der Waals surface area contributed by atoms with Gasteiger partial charge in [-0.2, -0.15) is 0 Å².